The van der Waals surface area contributed by atoms with E-state index in [1.165, 1.54) is 19.3 Å². The van der Waals surface area contributed by atoms with Crippen molar-refractivity contribution in [2.24, 2.45) is 0 Å². The van der Waals surface area contributed by atoms with E-state index >= 15 is 0 Å². The Morgan fingerprint density at radius 1 is 1.36 bits per heavy atom. The zero-order valence-electron chi connectivity index (χ0n) is 8.93. The Morgan fingerprint density at radius 3 is 2.57 bits per heavy atom. The SMILES string of the molecule is Cc1ccc(NC2(C)CCC2)cc1N. The molecular weight excluding hydrogens is 172 g/mol. The molecule has 0 atom stereocenters. The number of nitrogens with two attached hydrogens (primary N) is 1. The third-order valence-corrected chi connectivity index (χ3v) is 3.18. The van der Waals surface area contributed by atoms with Gasteiger partial charge in [0, 0.05) is 16.9 Å². The number of aryl methyl sites for hydroxylation is 1. The lowest BCUT2D eigenvalue weighted by Gasteiger charge is -2.40. The van der Waals surface area contributed by atoms with Crippen LogP contribution in [0.15, 0.2) is 18.2 Å². The van der Waals surface area contributed by atoms with E-state index in [-0.39, 0.29) is 0 Å². The molecule has 1 fully saturated rings. The van der Waals surface area contributed by atoms with Crippen LogP contribution in [-0.4, -0.2) is 5.54 Å². The zero-order valence-corrected chi connectivity index (χ0v) is 8.93. The van der Waals surface area contributed by atoms with Crippen molar-refractivity contribution in [1.29, 1.82) is 0 Å². The van der Waals surface area contributed by atoms with E-state index in [9.17, 15) is 0 Å². The van der Waals surface area contributed by atoms with Gasteiger partial charge in [0.05, 0.1) is 0 Å². The van der Waals surface area contributed by atoms with Crippen molar-refractivity contribution in [1.82, 2.24) is 0 Å². The van der Waals surface area contributed by atoms with Gasteiger partial charge in [-0.1, -0.05) is 6.07 Å². The Bertz CT molecular complexity index is 340. The first-order valence-electron chi connectivity index (χ1n) is 5.23. The molecule has 2 rings (SSSR count). The van der Waals surface area contributed by atoms with Crippen LogP contribution in [0, 0.1) is 6.92 Å². The molecule has 0 saturated heterocycles. The molecule has 0 bridgehead atoms. The molecule has 0 radical (unpaired) electrons. The summed E-state index contributed by atoms with van der Waals surface area (Å²) in [5, 5.41) is 3.54. The lowest BCUT2D eigenvalue weighted by atomic mass is 9.78. The van der Waals surface area contributed by atoms with Crippen LogP contribution < -0.4 is 11.1 Å². The quantitative estimate of drug-likeness (QED) is 0.704. The molecule has 0 aromatic heterocycles. The van der Waals surface area contributed by atoms with Gasteiger partial charge in [-0.2, -0.15) is 0 Å². The van der Waals surface area contributed by atoms with Crippen LogP contribution in [0.5, 0.6) is 0 Å². The van der Waals surface area contributed by atoms with Crippen molar-refractivity contribution in [3.8, 4) is 0 Å². The van der Waals surface area contributed by atoms with Gasteiger partial charge in [-0.05, 0) is 50.8 Å². The van der Waals surface area contributed by atoms with Gasteiger partial charge in [0.15, 0.2) is 0 Å². The Balaban J connectivity index is 2.13. The van der Waals surface area contributed by atoms with Crippen LogP contribution in [0.3, 0.4) is 0 Å². The highest BCUT2D eigenvalue weighted by Gasteiger charge is 2.31. The predicted octanol–water partition coefficient (Wildman–Crippen LogP) is 2.93. The summed E-state index contributed by atoms with van der Waals surface area (Å²) in [5.74, 6) is 0. The van der Waals surface area contributed by atoms with Crippen LogP contribution in [-0.2, 0) is 0 Å². The molecule has 76 valence electrons. The first-order valence-corrected chi connectivity index (χ1v) is 5.23. The lowest BCUT2D eigenvalue weighted by Crippen LogP contribution is -2.41. The molecule has 14 heavy (non-hydrogen) atoms. The second-order valence-corrected chi connectivity index (χ2v) is 4.61. The summed E-state index contributed by atoms with van der Waals surface area (Å²) < 4.78 is 0. The number of rotatable bonds is 2. The largest absolute Gasteiger partial charge is 0.398 e. The topological polar surface area (TPSA) is 38.0 Å². The number of nitrogen functional groups attached to an aromatic ring is 1. The molecule has 0 aliphatic heterocycles. The highest BCUT2D eigenvalue weighted by Crippen LogP contribution is 2.35. The summed E-state index contributed by atoms with van der Waals surface area (Å²) in [6, 6.07) is 6.20. The van der Waals surface area contributed by atoms with Crippen molar-refractivity contribution < 1.29 is 0 Å². The van der Waals surface area contributed by atoms with Gasteiger partial charge in [-0.15, -0.1) is 0 Å². The highest BCUT2D eigenvalue weighted by atomic mass is 15.0. The van der Waals surface area contributed by atoms with E-state index in [2.05, 4.69) is 24.4 Å². The van der Waals surface area contributed by atoms with Crippen LogP contribution >= 0.6 is 0 Å². The van der Waals surface area contributed by atoms with E-state index in [4.69, 9.17) is 5.73 Å². The smallest absolute Gasteiger partial charge is 0.0365 e. The van der Waals surface area contributed by atoms with Crippen LogP contribution in [0.2, 0.25) is 0 Å². The minimum Gasteiger partial charge on any atom is -0.398 e. The van der Waals surface area contributed by atoms with Crippen LogP contribution in [0.1, 0.15) is 31.7 Å². The lowest BCUT2D eigenvalue weighted by molar-refractivity contribution is 0.306. The molecule has 1 aromatic carbocycles. The molecule has 2 heteroatoms. The van der Waals surface area contributed by atoms with Crippen molar-refractivity contribution in [2.45, 2.75) is 38.6 Å². The third kappa shape index (κ3) is 1.69. The van der Waals surface area contributed by atoms with E-state index in [0.717, 1.165) is 16.9 Å². The minimum absolute atomic E-state index is 0.307. The second-order valence-electron chi connectivity index (χ2n) is 4.61. The van der Waals surface area contributed by atoms with Gasteiger partial charge in [-0.3, -0.25) is 0 Å². The standard InChI is InChI=1S/C12H18N2/c1-9-4-5-10(8-11(9)13)14-12(2)6-3-7-12/h4-5,8,14H,3,6-7,13H2,1-2H3. The van der Waals surface area contributed by atoms with Gasteiger partial charge >= 0.3 is 0 Å². The Labute approximate surface area is 85.5 Å². The van der Waals surface area contributed by atoms with Gasteiger partial charge in [0.1, 0.15) is 0 Å². The molecule has 0 amide bonds. The highest BCUT2D eigenvalue weighted by molar-refractivity contribution is 5.59. The van der Waals surface area contributed by atoms with Gasteiger partial charge < -0.3 is 11.1 Å². The molecule has 1 saturated carbocycles. The summed E-state index contributed by atoms with van der Waals surface area (Å²) in [5.41, 5.74) is 9.34. The maximum absolute atomic E-state index is 5.86. The average Bonchev–Trinajstić information content (AvgIpc) is 2.09. The maximum atomic E-state index is 5.86. The molecule has 1 aromatic rings. The van der Waals surface area contributed by atoms with E-state index in [0.29, 0.717) is 5.54 Å². The van der Waals surface area contributed by atoms with Crippen LogP contribution in [0.25, 0.3) is 0 Å². The summed E-state index contributed by atoms with van der Waals surface area (Å²) in [4.78, 5) is 0. The summed E-state index contributed by atoms with van der Waals surface area (Å²) in [6.07, 6.45) is 3.87. The van der Waals surface area contributed by atoms with Crippen molar-refractivity contribution in [3.05, 3.63) is 23.8 Å². The maximum Gasteiger partial charge on any atom is 0.0365 e. The number of nitrogens with one attached hydrogen (secondary N) is 1. The Hall–Kier alpha value is -1.18. The van der Waals surface area contributed by atoms with Crippen LogP contribution in [0.4, 0.5) is 11.4 Å². The molecule has 0 heterocycles. The van der Waals surface area contributed by atoms with Crippen molar-refractivity contribution in [2.75, 3.05) is 11.1 Å². The van der Waals surface area contributed by atoms with Crippen molar-refractivity contribution in [3.63, 3.8) is 0 Å². The van der Waals surface area contributed by atoms with E-state index in [1.807, 2.05) is 13.0 Å². The van der Waals surface area contributed by atoms with Crippen molar-refractivity contribution >= 4 is 11.4 Å². The second kappa shape index (κ2) is 3.19. The third-order valence-electron chi connectivity index (χ3n) is 3.18. The monoisotopic (exact) mass is 190 g/mol. The average molecular weight is 190 g/mol. The van der Waals surface area contributed by atoms with E-state index < -0.39 is 0 Å². The molecule has 0 unspecified atom stereocenters. The molecule has 2 nitrogen and oxygen atoms in total. The Kier molecular flexibility index (Phi) is 2.14. The predicted molar refractivity (Wildman–Crippen MR) is 61.5 cm³/mol. The summed E-state index contributed by atoms with van der Waals surface area (Å²) in [6.45, 7) is 4.30. The number of hydrogen-bond donors (Lipinski definition) is 2. The molecule has 0 spiro atoms. The van der Waals surface area contributed by atoms with Gasteiger partial charge in [0.2, 0.25) is 0 Å². The molecular formula is C12H18N2. The summed E-state index contributed by atoms with van der Waals surface area (Å²) >= 11 is 0. The first-order chi connectivity index (χ1) is 6.59. The fourth-order valence-corrected chi connectivity index (χ4v) is 1.90. The minimum atomic E-state index is 0.307. The van der Waals surface area contributed by atoms with E-state index in [1.54, 1.807) is 0 Å². The Morgan fingerprint density at radius 2 is 2.07 bits per heavy atom. The van der Waals surface area contributed by atoms with Gasteiger partial charge in [-0.25, -0.2) is 0 Å². The number of hydrogen-bond acceptors (Lipinski definition) is 2. The molecule has 3 N–H and O–H groups in total. The molecule has 1 aliphatic rings. The fraction of sp³-hybridized carbons (Fsp3) is 0.500. The molecule has 1 aliphatic carbocycles. The fourth-order valence-electron chi connectivity index (χ4n) is 1.90. The normalized spacial score (nSPS) is 18.7. The number of anilines is 2. The summed E-state index contributed by atoms with van der Waals surface area (Å²) in [7, 11) is 0. The first kappa shape index (κ1) is 9.38. The van der Waals surface area contributed by atoms with Gasteiger partial charge in [0.25, 0.3) is 0 Å². The zero-order chi connectivity index (χ0) is 10.2. The number of benzene rings is 1.